The normalized spacial score (nSPS) is 14.3. The lowest BCUT2D eigenvalue weighted by atomic mass is 10.0. The molecule has 1 heterocycles. The van der Waals surface area contributed by atoms with Crippen LogP contribution in [0.3, 0.4) is 0 Å². The standard InChI is InChI=1S/C13H11NO4/c15-11-5-6-12(16)14(11)8-7-9-3-1-2-4-10(9)13(17)18/h1-6H,7-8H2,(H,17,18). The molecule has 0 fully saturated rings. The zero-order valence-electron chi connectivity index (χ0n) is 9.50. The van der Waals surface area contributed by atoms with E-state index in [1.54, 1.807) is 18.2 Å². The number of nitrogens with zero attached hydrogens (tertiary/aromatic N) is 1. The van der Waals surface area contributed by atoms with Gasteiger partial charge in [-0.3, -0.25) is 14.5 Å². The highest BCUT2D eigenvalue weighted by molar-refractivity contribution is 6.12. The van der Waals surface area contributed by atoms with Crippen LogP contribution in [0.2, 0.25) is 0 Å². The summed E-state index contributed by atoms with van der Waals surface area (Å²) in [5.41, 5.74) is 0.807. The number of hydrogen-bond acceptors (Lipinski definition) is 3. The van der Waals surface area contributed by atoms with Gasteiger partial charge in [0.2, 0.25) is 0 Å². The third kappa shape index (κ3) is 2.29. The number of rotatable bonds is 4. The molecule has 0 radical (unpaired) electrons. The fourth-order valence-corrected chi connectivity index (χ4v) is 1.83. The van der Waals surface area contributed by atoms with Crippen LogP contribution in [0.15, 0.2) is 36.4 Å². The quantitative estimate of drug-likeness (QED) is 0.798. The third-order valence-corrected chi connectivity index (χ3v) is 2.75. The van der Waals surface area contributed by atoms with E-state index >= 15 is 0 Å². The molecule has 1 aliphatic rings. The van der Waals surface area contributed by atoms with Gasteiger partial charge in [-0.15, -0.1) is 0 Å². The van der Waals surface area contributed by atoms with Gasteiger partial charge >= 0.3 is 5.97 Å². The Morgan fingerprint density at radius 2 is 1.72 bits per heavy atom. The Balaban J connectivity index is 2.09. The smallest absolute Gasteiger partial charge is 0.335 e. The molecule has 0 bridgehead atoms. The molecule has 18 heavy (non-hydrogen) atoms. The molecule has 1 aromatic rings. The lowest BCUT2D eigenvalue weighted by Crippen LogP contribution is -2.32. The molecule has 2 amide bonds. The minimum atomic E-state index is -1.01. The second-order valence-corrected chi connectivity index (χ2v) is 3.87. The van der Waals surface area contributed by atoms with Gasteiger partial charge in [-0.05, 0) is 18.1 Å². The first-order valence-corrected chi connectivity index (χ1v) is 5.44. The van der Waals surface area contributed by atoms with Crippen molar-refractivity contribution < 1.29 is 19.5 Å². The van der Waals surface area contributed by atoms with E-state index in [4.69, 9.17) is 5.11 Å². The number of imide groups is 1. The summed E-state index contributed by atoms with van der Waals surface area (Å²) in [6.45, 7) is 0.189. The summed E-state index contributed by atoms with van der Waals surface area (Å²) in [4.78, 5) is 34.7. The fourth-order valence-electron chi connectivity index (χ4n) is 1.83. The molecular formula is C13H11NO4. The van der Waals surface area contributed by atoms with Gasteiger partial charge in [0, 0.05) is 18.7 Å². The lowest BCUT2D eigenvalue weighted by Gasteiger charge is -2.14. The van der Waals surface area contributed by atoms with Crippen LogP contribution in [0, 0.1) is 0 Å². The van der Waals surface area contributed by atoms with E-state index in [1.807, 2.05) is 0 Å². The Kier molecular flexibility index (Phi) is 3.23. The van der Waals surface area contributed by atoms with Crippen LogP contribution in [-0.4, -0.2) is 34.3 Å². The summed E-state index contributed by atoms with van der Waals surface area (Å²) in [5, 5.41) is 9.00. The Hall–Kier alpha value is -2.43. The average molecular weight is 245 g/mol. The van der Waals surface area contributed by atoms with Crippen molar-refractivity contribution in [2.24, 2.45) is 0 Å². The van der Waals surface area contributed by atoms with Crippen molar-refractivity contribution in [3.63, 3.8) is 0 Å². The van der Waals surface area contributed by atoms with E-state index < -0.39 is 5.97 Å². The van der Waals surface area contributed by atoms with E-state index in [0.717, 1.165) is 4.90 Å². The molecule has 0 atom stereocenters. The molecule has 1 aliphatic heterocycles. The molecule has 1 aromatic carbocycles. The van der Waals surface area contributed by atoms with Crippen LogP contribution >= 0.6 is 0 Å². The first-order valence-electron chi connectivity index (χ1n) is 5.44. The lowest BCUT2D eigenvalue weighted by molar-refractivity contribution is -0.136. The van der Waals surface area contributed by atoms with Crippen molar-refractivity contribution in [1.82, 2.24) is 4.90 Å². The first kappa shape index (κ1) is 12.0. The number of hydrogen-bond donors (Lipinski definition) is 1. The molecular weight excluding hydrogens is 234 g/mol. The second-order valence-electron chi connectivity index (χ2n) is 3.87. The average Bonchev–Trinajstić information content (AvgIpc) is 2.67. The van der Waals surface area contributed by atoms with E-state index in [-0.39, 0.29) is 23.9 Å². The second kappa shape index (κ2) is 4.83. The summed E-state index contributed by atoms with van der Waals surface area (Å²) in [6, 6.07) is 6.56. The monoisotopic (exact) mass is 245 g/mol. The van der Waals surface area contributed by atoms with E-state index in [9.17, 15) is 14.4 Å². The molecule has 5 heteroatoms. The predicted molar refractivity (Wildman–Crippen MR) is 63.0 cm³/mol. The molecule has 0 spiro atoms. The van der Waals surface area contributed by atoms with Crippen LogP contribution in [-0.2, 0) is 16.0 Å². The number of carboxylic acid groups (broad SMARTS) is 1. The molecule has 1 N–H and O–H groups in total. The van der Waals surface area contributed by atoms with Crippen molar-refractivity contribution in [3.05, 3.63) is 47.5 Å². The summed E-state index contributed by atoms with van der Waals surface area (Å²) in [5.74, 6) is -1.72. The largest absolute Gasteiger partial charge is 0.478 e. The topological polar surface area (TPSA) is 74.7 Å². The molecule has 0 unspecified atom stereocenters. The maximum absolute atomic E-state index is 11.3. The maximum Gasteiger partial charge on any atom is 0.335 e. The van der Waals surface area contributed by atoms with Gasteiger partial charge in [0.1, 0.15) is 0 Å². The summed E-state index contributed by atoms with van der Waals surface area (Å²) >= 11 is 0. The van der Waals surface area contributed by atoms with Crippen LogP contribution in [0.5, 0.6) is 0 Å². The number of carbonyl (C=O) groups excluding carboxylic acids is 2. The van der Waals surface area contributed by atoms with Crippen molar-refractivity contribution in [3.8, 4) is 0 Å². The van der Waals surface area contributed by atoms with Crippen molar-refractivity contribution in [2.45, 2.75) is 6.42 Å². The SMILES string of the molecule is O=C(O)c1ccccc1CCN1C(=O)C=CC1=O. The van der Waals surface area contributed by atoms with Crippen LogP contribution in [0.25, 0.3) is 0 Å². The summed E-state index contributed by atoms with van der Waals surface area (Å²) in [7, 11) is 0. The number of aromatic carboxylic acids is 1. The van der Waals surface area contributed by atoms with Crippen molar-refractivity contribution in [1.29, 1.82) is 0 Å². The van der Waals surface area contributed by atoms with Gasteiger partial charge in [0.25, 0.3) is 11.8 Å². The highest BCUT2D eigenvalue weighted by Crippen LogP contribution is 2.12. The number of carboxylic acids is 1. The van der Waals surface area contributed by atoms with Gasteiger partial charge in [-0.1, -0.05) is 18.2 Å². The van der Waals surface area contributed by atoms with Gasteiger partial charge < -0.3 is 5.11 Å². The third-order valence-electron chi connectivity index (χ3n) is 2.75. The Labute approximate surface area is 103 Å². The Morgan fingerprint density at radius 1 is 1.11 bits per heavy atom. The highest BCUT2D eigenvalue weighted by Gasteiger charge is 2.23. The van der Waals surface area contributed by atoms with Crippen LogP contribution in [0.1, 0.15) is 15.9 Å². The highest BCUT2D eigenvalue weighted by atomic mass is 16.4. The van der Waals surface area contributed by atoms with E-state index in [2.05, 4.69) is 0 Å². The fraction of sp³-hybridized carbons (Fsp3) is 0.154. The molecule has 0 saturated heterocycles. The van der Waals surface area contributed by atoms with Crippen molar-refractivity contribution >= 4 is 17.8 Å². The predicted octanol–water partition coefficient (Wildman–Crippen LogP) is 0.852. The minimum Gasteiger partial charge on any atom is -0.478 e. The first-order chi connectivity index (χ1) is 8.59. The molecule has 0 aliphatic carbocycles. The molecule has 5 nitrogen and oxygen atoms in total. The summed E-state index contributed by atoms with van der Waals surface area (Å²) < 4.78 is 0. The van der Waals surface area contributed by atoms with Gasteiger partial charge in [0.15, 0.2) is 0 Å². The van der Waals surface area contributed by atoms with E-state index in [1.165, 1.54) is 18.2 Å². The minimum absolute atomic E-state index is 0.189. The zero-order chi connectivity index (χ0) is 13.1. The number of benzene rings is 1. The molecule has 2 rings (SSSR count). The molecule has 0 saturated carbocycles. The van der Waals surface area contributed by atoms with Crippen molar-refractivity contribution in [2.75, 3.05) is 6.54 Å². The molecule has 92 valence electrons. The number of amides is 2. The Bertz CT molecular complexity index is 530. The molecule has 0 aromatic heterocycles. The maximum atomic E-state index is 11.3. The van der Waals surface area contributed by atoms with Crippen LogP contribution in [0.4, 0.5) is 0 Å². The van der Waals surface area contributed by atoms with Gasteiger partial charge in [-0.2, -0.15) is 0 Å². The number of carbonyl (C=O) groups is 3. The summed E-state index contributed by atoms with van der Waals surface area (Å²) in [6.07, 6.45) is 2.76. The van der Waals surface area contributed by atoms with E-state index in [0.29, 0.717) is 12.0 Å². The van der Waals surface area contributed by atoms with Crippen LogP contribution < -0.4 is 0 Å². The van der Waals surface area contributed by atoms with Gasteiger partial charge in [-0.25, -0.2) is 4.79 Å². The van der Waals surface area contributed by atoms with Gasteiger partial charge in [0.05, 0.1) is 5.56 Å². The zero-order valence-corrected chi connectivity index (χ0v) is 9.50. The Morgan fingerprint density at radius 3 is 2.33 bits per heavy atom.